The summed E-state index contributed by atoms with van der Waals surface area (Å²) in [5, 5.41) is 12.0. The highest BCUT2D eigenvalue weighted by Gasteiger charge is 2.36. The van der Waals surface area contributed by atoms with Gasteiger partial charge in [0.05, 0.1) is 0 Å². The summed E-state index contributed by atoms with van der Waals surface area (Å²) in [6.45, 7) is 5.55. The second kappa shape index (κ2) is 5.50. The maximum atomic E-state index is 10.3. The van der Waals surface area contributed by atoms with Gasteiger partial charge in [-0.05, 0) is 52.0 Å². The second-order valence-electron chi connectivity index (χ2n) is 5.13. The van der Waals surface area contributed by atoms with E-state index in [0.717, 1.165) is 31.7 Å². The van der Waals surface area contributed by atoms with E-state index in [2.05, 4.69) is 19.2 Å². The van der Waals surface area contributed by atoms with Crippen molar-refractivity contribution in [2.24, 2.45) is 5.92 Å². The average Bonchev–Trinajstić information content (AvgIpc) is 2.93. The van der Waals surface area contributed by atoms with Gasteiger partial charge in [0, 0.05) is 12.0 Å². The summed E-state index contributed by atoms with van der Waals surface area (Å²) in [6.07, 6.45) is 5.94. The number of hydrogen-bond acceptors (Lipinski definition) is 2. The lowest BCUT2D eigenvalue weighted by Crippen LogP contribution is -2.41. The van der Waals surface area contributed by atoms with Crippen molar-refractivity contribution >= 4 is 5.97 Å². The average molecular weight is 213 g/mol. The third-order valence-corrected chi connectivity index (χ3v) is 3.25. The third kappa shape index (κ3) is 5.17. The van der Waals surface area contributed by atoms with Crippen LogP contribution in [-0.4, -0.2) is 23.2 Å². The van der Waals surface area contributed by atoms with Crippen molar-refractivity contribution in [1.29, 1.82) is 0 Å². The van der Waals surface area contributed by atoms with E-state index in [-0.39, 0.29) is 5.54 Å². The quantitative estimate of drug-likeness (QED) is 0.609. The molecule has 1 aliphatic rings. The SMILES string of the molecule is CC(C)(NCCCCCC(=O)O)C1CC1. The van der Waals surface area contributed by atoms with Gasteiger partial charge in [-0.15, -0.1) is 0 Å². The Morgan fingerprint density at radius 3 is 2.53 bits per heavy atom. The van der Waals surface area contributed by atoms with Crippen molar-refractivity contribution in [2.75, 3.05) is 6.54 Å². The normalized spacial score (nSPS) is 16.7. The summed E-state index contributed by atoms with van der Waals surface area (Å²) in [5.74, 6) is 0.179. The lowest BCUT2D eigenvalue weighted by molar-refractivity contribution is -0.137. The molecule has 0 atom stereocenters. The maximum Gasteiger partial charge on any atom is 0.303 e. The summed E-state index contributed by atoms with van der Waals surface area (Å²) < 4.78 is 0. The van der Waals surface area contributed by atoms with Gasteiger partial charge in [0.1, 0.15) is 0 Å². The number of hydrogen-bond donors (Lipinski definition) is 2. The summed E-state index contributed by atoms with van der Waals surface area (Å²) in [4.78, 5) is 10.3. The first-order valence-corrected chi connectivity index (χ1v) is 5.99. The van der Waals surface area contributed by atoms with Crippen LogP contribution in [0, 0.1) is 5.92 Å². The molecule has 1 fully saturated rings. The Hall–Kier alpha value is -0.570. The summed E-state index contributed by atoms with van der Waals surface area (Å²) in [7, 11) is 0. The molecule has 1 saturated carbocycles. The molecule has 88 valence electrons. The van der Waals surface area contributed by atoms with Crippen LogP contribution in [0.2, 0.25) is 0 Å². The molecule has 0 spiro atoms. The van der Waals surface area contributed by atoms with Crippen molar-refractivity contribution < 1.29 is 9.90 Å². The summed E-state index contributed by atoms with van der Waals surface area (Å²) in [6, 6.07) is 0. The Morgan fingerprint density at radius 1 is 1.33 bits per heavy atom. The first-order valence-electron chi connectivity index (χ1n) is 5.99. The Bertz CT molecular complexity index is 210. The topological polar surface area (TPSA) is 49.3 Å². The fourth-order valence-corrected chi connectivity index (χ4v) is 1.94. The van der Waals surface area contributed by atoms with Crippen molar-refractivity contribution in [3.8, 4) is 0 Å². The Kier molecular flexibility index (Phi) is 4.58. The minimum Gasteiger partial charge on any atom is -0.481 e. The van der Waals surface area contributed by atoms with Crippen molar-refractivity contribution in [1.82, 2.24) is 5.32 Å². The number of aliphatic carboxylic acids is 1. The summed E-state index contributed by atoms with van der Waals surface area (Å²) in [5.41, 5.74) is 0.285. The molecule has 3 nitrogen and oxygen atoms in total. The van der Waals surface area contributed by atoms with Crippen LogP contribution >= 0.6 is 0 Å². The zero-order valence-corrected chi connectivity index (χ0v) is 9.88. The van der Waals surface area contributed by atoms with Gasteiger partial charge in [0.15, 0.2) is 0 Å². The van der Waals surface area contributed by atoms with Crippen LogP contribution in [-0.2, 0) is 4.79 Å². The molecular weight excluding hydrogens is 190 g/mol. The predicted molar refractivity (Wildman–Crippen MR) is 60.9 cm³/mol. The molecule has 1 aliphatic carbocycles. The molecule has 0 aliphatic heterocycles. The van der Waals surface area contributed by atoms with Crippen molar-refractivity contribution in [2.45, 2.75) is 57.9 Å². The van der Waals surface area contributed by atoms with E-state index in [1.54, 1.807) is 0 Å². The van der Waals surface area contributed by atoms with Gasteiger partial charge in [-0.25, -0.2) is 0 Å². The predicted octanol–water partition coefficient (Wildman–Crippen LogP) is 2.41. The molecule has 2 N–H and O–H groups in total. The van der Waals surface area contributed by atoms with E-state index < -0.39 is 5.97 Å². The minimum absolute atomic E-state index is 0.285. The first kappa shape index (κ1) is 12.5. The van der Waals surface area contributed by atoms with Crippen LogP contribution in [0.25, 0.3) is 0 Å². The van der Waals surface area contributed by atoms with Crippen LogP contribution < -0.4 is 5.32 Å². The van der Waals surface area contributed by atoms with E-state index in [0.29, 0.717) is 6.42 Å². The van der Waals surface area contributed by atoms with Gasteiger partial charge < -0.3 is 10.4 Å². The zero-order valence-electron chi connectivity index (χ0n) is 9.88. The van der Waals surface area contributed by atoms with Gasteiger partial charge in [-0.2, -0.15) is 0 Å². The number of carboxylic acid groups (broad SMARTS) is 1. The Morgan fingerprint density at radius 2 is 2.00 bits per heavy atom. The standard InChI is InChI=1S/C12H23NO2/c1-12(2,10-7-8-10)13-9-5-3-4-6-11(14)15/h10,13H,3-9H2,1-2H3,(H,14,15). The van der Waals surface area contributed by atoms with Crippen molar-refractivity contribution in [3.63, 3.8) is 0 Å². The third-order valence-electron chi connectivity index (χ3n) is 3.25. The maximum absolute atomic E-state index is 10.3. The highest BCUT2D eigenvalue weighted by Crippen LogP contribution is 2.39. The number of nitrogens with one attached hydrogen (secondary N) is 1. The lowest BCUT2D eigenvalue weighted by Gasteiger charge is -2.26. The number of rotatable bonds is 8. The van der Waals surface area contributed by atoms with Gasteiger partial charge in [-0.3, -0.25) is 4.79 Å². The fourth-order valence-electron chi connectivity index (χ4n) is 1.94. The highest BCUT2D eigenvalue weighted by atomic mass is 16.4. The fraction of sp³-hybridized carbons (Fsp3) is 0.917. The molecule has 0 heterocycles. The van der Waals surface area contributed by atoms with Crippen LogP contribution in [0.1, 0.15) is 52.4 Å². The van der Waals surface area contributed by atoms with Crippen LogP contribution in [0.4, 0.5) is 0 Å². The van der Waals surface area contributed by atoms with E-state index in [9.17, 15) is 4.79 Å². The van der Waals surface area contributed by atoms with Gasteiger partial charge in [0.25, 0.3) is 0 Å². The molecule has 15 heavy (non-hydrogen) atoms. The highest BCUT2D eigenvalue weighted by molar-refractivity contribution is 5.66. The van der Waals surface area contributed by atoms with E-state index in [1.165, 1.54) is 12.8 Å². The van der Waals surface area contributed by atoms with Crippen LogP contribution in [0.15, 0.2) is 0 Å². The number of unbranched alkanes of at least 4 members (excludes halogenated alkanes) is 2. The largest absolute Gasteiger partial charge is 0.481 e. The monoisotopic (exact) mass is 213 g/mol. The van der Waals surface area contributed by atoms with Gasteiger partial charge in [-0.1, -0.05) is 6.42 Å². The molecule has 0 unspecified atom stereocenters. The Labute approximate surface area is 92.3 Å². The molecule has 0 aromatic carbocycles. The number of carbonyl (C=O) groups is 1. The molecular formula is C12H23NO2. The van der Waals surface area contributed by atoms with Gasteiger partial charge >= 0.3 is 5.97 Å². The molecule has 0 aromatic rings. The molecule has 0 aromatic heterocycles. The molecule has 3 heteroatoms. The molecule has 0 amide bonds. The molecule has 0 radical (unpaired) electrons. The lowest BCUT2D eigenvalue weighted by atomic mass is 9.98. The van der Waals surface area contributed by atoms with Gasteiger partial charge in [0.2, 0.25) is 0 Å². The smallest absolute Gasteiger partial charge is 0.303 e. The van der Waals surface area contributed by atoms with Crippen LogP contribution in [0.5, 0.6) is 0 Å². The first-order chi connectivity index (χ1) is 7.02. The minimum atomic E-state index is -0.679. The second-order valence-corrected chi connectivity index (χ2v) is 5.13. The summed E-state index contributed by atoms with van der Waals surface area (Å²) >= 11 is 0. The molecule has 0 saturated heterocycles. The zero-order chi connectivity index (χ0) is 11.3. The number of carboxylic acids is 1. The van der Waals surface area contributed by atoms with E-state index in [4.69, 9.17) is 5.11 Å². The van der Waals surface area contributed by atoms with Crippen molar-refractivity contribution in [3.05, 3.63) is 0 Å². The molecule has 1 rings (SSSR count). The van der Waals surface area contributed by atoms with Crippen LogP contribution in [0.3, 0.4) is 0 Å². The van der Waals surface area contributed by atoms with E-state index >= 15 is 0 Å². The molecule has 0 bridgehead atoms. The van der Waals surface area contributed by atoms with E-state index in [1.807, 2.05) is 0 Å². The Balaban J connectivity index is 1.94.